The number of anilines is 1. The van der Waals surface area contributed by atoms with Gasteiger partial charge in [-0.3, -0.25) is 14.4 Å². The van der Waals surface area contributed by atoms with E-state index in [2.05, 4.69) is 10.6 Å². The molecule has 0 saturated carbocycles. The summed E-state index contributed by atoms with van der Waals surface area (Å²) in [6.07, 6.45) is 0.686. The van der Waals surface area contributed by atoms with Gasteiger partial charge in [-0.25, -0.2) is 0 Å². The number of carbonyl (C=O) groups excluding carboxylic acids is 3. The van der Waals surface area contributed by atoms with Crippen molar-refractivity contribution in [3.63, 3.8) is 0 Å². The summed E-state index contributed by atoms with van der Waals surface area (Å²) in [5.74, 6) is -1.14. The second kappa shape index (κ2) is 7.40. The Hall–Kier alpha value is -2.80. The molecule has 1 aliphatic rings. The van der Waals surface area contributed by atoms with E-state index < -0.39 is 11.8 Å². The summed E-state index contributed by atoms with van der Waals surface area (Å²) in [4.78, 5) is 36.3. The molecule has 0 saturated heterocycles. The van der Waals surface area contributed by atoms with Crippen molar-refractivity contribution in [2.45, 2.75) is 16.6 Å². The quantitative estimate of drug-likeness (QED) is 0.757. The minimum atomic E-state index is -0.615. The highest BCUT2D eigenvalue weighted by Crippen LogP contribution is 2.37. The van der Waals surface area contributed by atoms with Gasteiger partial charge in [0.15, 0.2) is 0 Å². The predicted molar refractivity (Wildman–Crippen MR) is 96.4 cm³/mol. The van der Waals surface area contributed by atoms with E-state index >= 15 is 0 Å². The van der Waals surface area contributed by atoms with Gasteiger partial charge in [-0.2, -0.15) is 0 Å². The summed E-state index contributed by atoms with van der Waals surface area (Å²) in [5, 5.41) is 5.07. The highest BCUT2D eigenvalue weighted by molar-refractivity contribution is 8.01. The van der Waals surface area contributed by atoms with Crippen LogP contribution in [0.5, 0.6) is 0 Å². The van der Waals surface area contributed by atoms with Crippen LogP contribution in [-0.4, -0.2) is 29.5 Å². The fourth-order valence-corrected chi connectivity index (χ4v) is 3.75. The van der Waals surface area contributed by atoms with E-state index in [1.807, 2.05) is 24.3 Å². The molecule has 2 aromatic carbocycles. The van der Waals surface area contributed by atoms with Crippen LogP contribution < -0.4 is 16.4 Å². The Morgan fingerprint density at radius 2 is 1.92 bits per heavy atom. The lowest BCUT2D eigenvalue weighted by molar-refractivity contribution is -0.117. The molecule has 1 unspecified atom stereocenters. The largest absolute Gasteiger partial charge is 0.368 e. The zero-order valence-electron chi connectivity index (χ0n) is 13.3. The predicted octanol–water partition coefficient (Wildman–Crippen LogP) is 1.56. The fourth-order valence-electron chi connectivity index (χ4n) is 2.56. The number of benzene rings is 2. The van der Waals surface area contributed by atoms with Crippen molar-refractivity contribution < 1.29 is 14.4 Å². The molecule has 128 valence electrons. The summed E-state index contributed by atoms with van der Waals surface area (Å²) in [6, 6.07) is 14.5. The van der Waals surface area contributed by atoms with Crippen LogP contribution in [0.2, 0.25) is 0 Å². The van der Waals surface area contributed by atoms with Crippen molar-refractivity contribution in [3.05, 3.63) is 59.7 Å². The molecular formula is C18H17N3O3S. The number of amides is 3. The van der Waals surface area contributed by atoms with Crippen molar-refractivity contribution in [2.24, 2.45) is 5.73 Å². The third kappa shape index (κ3) is 4.19. The van der Waals surface area contributed by atoms with Crippen LogP contribution in [0.3, 0.4) is 0 Å². The minimum absolute atomic E-state index is 0.101. The smallest absolute Gasteiger partial charge is 0.251 e. The Balaban J connectivity index is 1.63. The number of rotatable bonds is 5. The lowest BCUT2D eigenvalue weighted by atomic mass is 10.1. The van der Waals surface area contributed by atoms with Crippen LogP contribution in [-0.2, 0) is 16.0 Å². The molecule has 7 heteroatoms. The highest BCUT2D eigenvalue weighted by Gasteiger charge is 2.28. The molecule has 1 aliphatic heterocycles. The number of hydrogen-bond donors (Lipinski definition) is 3. The summed E-state index contributed by atoms with van der Waals surface area (Å²) in [5.41, 5.74) is 7.07. The number of hydrogen-bond acceptors (Lipinski definition) is 4. The molecule has 3 rings (SSSR count). The molecule has 3 amide bonds. The Labute approximate surface area is 149 Å². The normalized spacial score (nSPS) is 15.3. The van der Waals surface area contributed by atoms with Crippen LogP contribution in [0, 0.1) is 0 Å². The molecular weight excluding hydrogens is 338 g/mol. The van der Waals surface area contributed by atoms with Gasteiger partial charge in [0.2, 0.25) is 11.8 Å². The first-order chi connectivity index (χ1) is 12.0. The van der Waals surface area contributed by atoms with Crippen molar-refractivity contribution in [1.82, 2.24) is 5.32 Å². The second-order valence-corrected chi connectivity index (χ2v) is 6.88. The van der Waals surface area contributed by atoms with E-state index in [-0.39, 0.29) is 17.7 Å². The zero-order valence-corrected chi connectivity index (χ0v) is 14.1. The first-order valence-corrected chi connectivity index (χ1v) is 8.63. The number of nitrogens with two attached hydrogens (primary N) is 1. The summed E-state index contributed by atoms with van der Waals surface area (Å²) in [6.45, 7) is -0.230. The van der Waals surface area contributed by atoms with E-state index in [9.17, 15) is 14.4 Å². The van der Waals surface area contributed by atoms with Gasteiger partial charge < -0.3 is 16.4 Å². The number of carbonyl (C=O) groups is 3. The third-order valence-electron chi connectivity index (χ3n) is 3.76. The molecule has 0 aromatic heterocycles. The molecule has 0 bridgehead atoms. The lowest BCUT2D eigenvalue weighted by Gasteiger charge is -2.11. The maximum atomic E-state index is 12.5. The van der Waals surface area contributed by atoms with Crippen LogP contribution in [0.25, 0.3) is 0 Å². The van der Waals surface area contributed by atoms with Gasteiger partial charge in [0.25, 0.3) is 5.91 Å². The van der Waals surface area contributed by atoms with Gasteiger partial charge in [-0.1, -0.05) is 24.3 Å². The van der Waals surface area contributed by atoms with Crippen molar-refractivity contribution in [2.75, 3.05) is 11.9 Å². The van der Waals surface area contributed by atoms with Crippen LogP contribution in [0.4, 0.5) is 5.69 Å². The molecule has 0 radical (unpaired) electrons. The average molecular weight is 355 g/mol. The van der Waals surface area contributed by atoms with E-state index in [1.165, 1.54) is 5.56 Å². The Kier molecular flexibility index (Phi) is 5.04. The number of nitrogens with one attached hydrogen (secondary N) is 2. The lowest BCUT2D eigenvalue weighted by Crippen LogP contribution is -2.33. The van der Waals surface area contributed by atoms with E-state index in [0.717, 1.165) is 4.90 Å². The van der Waals surface area contributed by atoms with Gasteiger partial charge in [0.1, 0.15) is 0 Å². The first kappa shape index (κ1) is 17.0. The van der Waals surface area contributed by atoms with E-state index in [1.54, 1.807) is 36.0 Å². The van der Waals surface area contributed by atoms with Gasteiger partial charge >= 0.3 is 0 Å². The zero-order chi connectivity index (χ0) is 17.8. The third-order valence-corrected chi connectivity index (χ3v) is 5.07. The van der Waals surface area contributed by atoms with Gasteiger partial charge in [-0.15, -0.1) is 11.8 Å². The second-order valence-electron chi connectivity index (χ2n) is 5.64. The summed E-state index contributed by atoms with van der Waals surface area (Å²) < 4.78 is 0. The van der Waals surface area contributed by atoms with Crippen LogP contribution in [0.1, 0.15) is 15.9 Å². The maximum Gasteiger partial charge on any atom is 0.251 e. The number of primary amides is 1. The summed E-state index contributed by atoms with van der Waals surface area (Å²) >= 11 is 1.54. The Morgan fingerprint density at radius 3 is 2.68 bits per heavy atom. The molecule has 1 heterocycles. The van der Waals surface area contributed by atoms with Crippen LogP contribution in [0.15, 0.2) is 53.4 Å². The molecule has 4 N–H and O–H groups in total. The molecule has 0 fully saturated rings. The molecule has 1 atom stereocenters. The van der Waals surface area contributed by atoms with Crippen molar-refractivity contribution >= 4 is 35.2 Å². The monoisotopic (exact) mass is 355 g/mol. The van der Waals surface area contributed by atoms with Crippen LogP contribution >= 0.6 is 11.8 Å². The van der Waals surface area contributed by atoms with Crippen molar-refractivity contribution in [1.29, 1.82) is 0 Å². The number of fused-ring (bicyclic) bond motifs is 1. The molecule has 25 heavy (non-hydrogen) atoms. The Bertz CT molecular complexity index is 813. The highest BCUT2D eigenvalue weighted by atomic mass is 32.2. The molecule has 2 aromatic rings. The average Bonchev–Trinajstić information content (AvgIpc) is 3.04. The topological polar surface area (TPSA) is 101 Å². The van der Waals surface area contributed by atoms with E-state index in [4.69, 9.17) is 5.73 Å². The minimum Gasteiger partial charge on any atom is -0.368 e. The van der Waals surface area contributed by atoms with Gasteiger partial charge in [0, 0.05) is 16.1 Å². The summed E-state index contributed by atoms with van der Waals surface area (Å²) in [7, 11) is 0. The molecule has 6 nitrogen and oxygen atoms in total. The number of thioether (sulfide) groups is 1. The maximum absolute atomic E-state index is 12.5. The standard InChI is InChI=1S/C18H17N3O3S/c19-16(22)10-20-17(23)12-5-3-6-13(8-12)21-18(24)15-9-11-4-1-2-7-14(11)25-15/h1-8,15H,9-10H2,(H2,19,22)(H,20,23)(H,21,24). The molecule has 0 spiro atoms. The fraction of sp³-hybridized carbons (Fsp3) is 0.167. The van der Waals surface area contributed by atoms with Gasteiger partial charge in [0.05, 0.1) is 11.8 Å². The SMILES string of the molecule is NC(=O)CNC(=O)c1cccc(NC(=O)C2Cc3ccccc3S2)c1. The molecule has 0 aliphatic carbocycles. The Morgan fingerprint density at radius 1 is 1.12 bits per heavy atom. The van der Waals surface area contributed by atoms with Gasteiger partial charge in [-0.05, 0) is 36.2 Å². The van der Waals surface area contributed by atoms with E-state index in [0.29, 0.717) is 17.7 Å². The first-order valence-electron chi connectivity index (χ1n) is 7.75. The van der Waals surface area contributed by atoms with Crippen molar-refractivity contribution in [3.8, 4) is 0 Å².